The Morgan fingerprint density at radius 1 is 1.29 bits per heavy atom. The molecule has 0 bridgehead atoms. The second-order valence-corrected chi connectivity index (χ2v) is 6.53. The summed E-state index contributed by atoms with van der Waals surface area (Å²) in [5, 5.41) is 11.1. The van der Waals surface area contributed by atoms with Crippen molar-refractivity contribution in [2.75, 3.05) is 6.61 Å². The Balaban J connectivity index is 2.24. The molecule has 2 heterocycles. The first kappa shape index (κ1) is 20.2. The predicted octanol–water partition coefficient (Wildman–Crippen LogP) is 4.57. The highest BCUT2D eigenvalue weighted by atomic mass is 35.5. The molecule has 148 valence electrons. The summed E-state index contributed by atoms with van der Waals surface area (Å²) in [6, 6.07) is 8.43. The van der Waals surface area contributed by atoms with Crippen molar-refractivity contribution >= 4 is 23.2 Å². The molecule has 0 spiro atoms. The number of halogens is 4. The Bertz CT molecular complexity index is 1030. The second-order valence-electron chi connectivity index (χ2n) is 6.10. The molecule has 0 saturated carbocycles. The van der Waals surface area contributed by atoms with Gasteiger partial charge in [-0.3, -0.25) is 4.40 Å². The number of aryl methyl sites for hydroxylation is 1. The van der Waals surface area contributed by atoms with Gasteiger partial charge in [0.2, 0.25) is 0 Å². The van der Waals surface area contributed by atoms with E-state index in [1.165, 1.54) is 47.7 Å². The fourth-order valence-corrected chi connectivity index (χ4v) is 3.11. The van der Waals surface area contributed by atoms with Crippen LogP contribution in [-0.4, -0.2) is 27.1 Å². The lowest BCUT2D eigenvalue weighted by Gasteiger charge is -2.16. The lowest BCUT2D eigenvalue weighted by atomic mass is 10.0. The van der Waals surface area contributed by atoms with Crippen molar-refractivity contribution in [2.24, 2.45) is 0 Å². The number of hydrogen-bond donors (Lipinski definition) is 1. The van der Waals surface area contributed by atoms with Gasteiger partial charge in [-0.2, -0.15) is 13.2 Å². The molecule has 0 aliphatic rings. The number of alkyl halides is 3. The molecule has 5 nitrogen and oxygen atoms in total. The number of benzene rings is 1. The van der Waals surface area contributed by atoms with Crippen LogP contribution in [-0.2, 0) is 10.9 Å². The van der Waals surface area contributed by atoms with E-state index in [9.17, 15) is 23.1 Å². The smallest absolute Gasteiger partial charge is 0.435 e. The van der Waals surface area contributed by atoms with E-state index in [0.29, 0.717) is 10.7 Å². The average Bonchev–Trinajstić information content (AvgIpc) is 3.02. The second kappa shape index (κ2) is 7.44. The number of hydrogen-bond acceptors (Lipinski definition) is 4. The number of aliphatic hydroxyl groups is 1. The van der Waals surface area contributed by atoms with Crippen LogP contribution in [0.2, 0.25) is 5.02 Å². The first-order valence-electron chi connectivity index (χ1n) is 8.34. The highest BCUT2D eigenvalue weighted by Crippen LogP contribution is 2.37. The van der Waals surface area contributed by atoms with Crippen molar-refractivity contribution in [1.82, 2.24) is 9.38 Å². The number of rotatable bonds is 4. The summed E-state index contributed by atoms with van der Waals surface area (Å²) in [5.41, 5.74) is -1.16. The van der Waals surface area contributed by atoms with Crippen molar-refractivity contribution in [3.8, 4) is 0 Å². The zero-order valence-electron chi connectivity index (χ0n) is 14.9. The Morgan fingerprint density at radius 2 is 1.93 bits per heavy atom. The van der Waals surface area contributed by atoms with Gasteiger partial charge in [0.25, 0.3) is 0 Å². The molecule has 0 aliphatic carbocycles. The molecule has 9 heteroatoms. The van der Waals surface area contributed by atoms with E-state index in [1.54, 1.807) is 6.92 Å². The summed E-state index contributed by atoms with van der Waals surface area (Å²) >= 11 is 5.82. The van der Waals surface area contributed by atoms with Crippen LogP contribution in [0, 0.1) is 6.92 Å². The van der Waals surface area contributed by atoms with Gasteiger partial charge in [-0.1, -0.05) is 23.7 Å². The molecule has 0 amide bonds. The highest BCUT2D eigenvalue weighted by molar-refractivity contribution is 6.30. The molecule has 0 saturated heterocycles. The first-order chi connectivity index (χ1) is 13.1. The maximum absolute atomic E-state index is 13.6. The van der Waals surface area contributed by atoms with E-state index in [0.717, 1.165) is 0 Å². The summed E-state index contributed by atoms with van der Waals surface area (Å²) in [6.07, 6.45) is -6.40. The molecule has 28 heavy (non-hydrogen) atoms. The average molecular weight is 413 g/mol. The summed E-state index contributed by atoms with van der Waals surface area (Å²) in [7, 11) is 0. The van der Waals surface area contributed by atoms with Crippen LogP contribution in [0.1, 0.15) is 46.0 Å². The number of ether oxygens (including phenoxy) is 1. The van der Waals surface area contributed by atoms with E-state index >= 15 is 0 Å². The molecule has 0 aliphatic heterocycles. The van der Waals surface area contributed by atoms with E-state index in [-0.39, 0.29) is 23.4 Å². The summed E-state index contributed by atoms with van der Waals surface area (Å²) in [4.78, 5) is 15.6. The van der Waals surface area contributed by atoms with Crippen LogP contribution in [0.3, 0.4) is 0 Å². The monoisotopic (exact) mass is 412 g/mol. The Labute approximate surface area is 163 Å². The molecule has 1 unspecified atom stereocenters. The minimum atomic E-state index is -4.80. The zero-order chi connectivity index (χ0) is 20.6. The van der Waals surface area contributed by atoms with Gasteiger partial charge in [0, 0.05) is 10.7 Å². The standard InChI is InChI=1S/C19H16ClF3N2O3/c1-3-28-18(27)12-8-10(2)25-14(9-12)24-17(19(21,22)23)15(25)16(26)11-4-6-13(20)7-5-11/h4-9,16,26H,3H2,1-2H3. The minimum Gasteiger partial charge on any atom is -0.462 e. The fourth-order valence-electron chi connectivity index (χ4n) is 2.98. The SMILES string of the molecule is CCOC(=O)c1cc(C)n2c(C(O)c3ccc(Cl)cc3)c(C(F)(F)F)nc2c1. The van der Waals surface area contributed by atoms with Gasteiger partial charge in [0.1, 0.15) is 11.8 Å². The third-order valence-corrected chi connectivity index (χ3v) is 4.42. The first-order valence-corrected chi connectivity index (χ1v) is 8.72. The molecular formula is C19H16ClF3N2O3. The number of carbonyl (C=O) groups excluding carboxylic acids is 1. The van der Waals surface area contributed by atoms with E-state index < -0.39 is 29.6 Å². The third-order valence-electron chi connectivity index (χ3n) is 4.17. The lowest BCUT2D eigenvalue weighted by molar-refractivity contribution is -0.142. The molecule has 0 radical (unpaired) electrons. The van der Waals surface area contributed by atoms with Crippen LogP contribution in [0.4, 0.5) is 13.2 Å². The predicted molar refractivity (Wildman–Crippen MR) is 96.4 cm³/mol. The zero-order valence-corrected chi connectivity index (χ0v) is 15.7. The number of carbonyl (C=O) groups is 1. The van der Waals surface area contributed by atoms with Gasteiger partial charge in [-0.25, -0.2) is 9.78 Å². The number of aromatic nitrogens is 2. The van der Waals surface area contributed by atoms with E-state index in [2.05, 4.69) is 4.98 Å². The maximum atomic E-state index is 13.6. The third kappa shape index (κ3) is 3.70. The number of aliphatic hydroxyl groups excluding tert-OH is 1. The minimum absolute atomic E-state index is 0.0816. The van der Waals surface area contributed by atoms with Crippen molar-refractivity contribution in [3.63, 3.8) is 0 Å². The van der Waals surface area contributed by atoms with Gasteiger partial charge < -0.3 is 9.84 Å². The quantitative estimate of drug-likeness (QED) is 0.637. The van der Waals surface area contributed by atoms with Crippen LogP contribution in [0.15, 0.2) is 36.4 Å². The fraction of sp³-hybridized carbons (Fsp3) is 0.263. The highest BCUT2D eigenvalue weighted by Gasteiger charge is 2.40. The van der Waals surface area contributed by atoms with Crippen LogP contribution >= 0.6 is 11.6 Å². The normalized spacial score (nSPS) is 13.0. The topological polar surface area (TPSA) is 63.8 Å². The summed E-state index contributed by atoms with van der Waals surface area (Å²) in [5.74, 6) is -0.663. The number of nitrogens with zero attached hydrogens (tertiary/aromatic N) is 2. The van der Waals surface area contributed by atoms with Crippen LogP contribution in [0.25, 0.3) is 5.65 Å². The van der Waals surface area contributed by atoms with Gasteiger partial charge in [-0.05, 0) is 43.7 Å². The molecular weight excluding hydrogens is 397 g/mol. The lowest BCUT2D eigenvalue weighted by Crippen LogP contribution is -2.15. The number of imidazole rings is 1. The van der Waals surface area contributed by atoms with Gasteiger partial charge in [0.15, 0.2) is 5.69 Å². The molecule has 1 N–H and O–H groups in total. The van der Waals surface area contributed by atoms with Gasteiger partial charge >= 0.3 is 12.1 Å². The maximum Gasteiger partial charge on any atom is 0.435 e. The largest absolute Gasteiger partial charge is 0.462 e. The van der Waals surface area contributed by atoms with E-state index in [1.807, 2.05) is 0 Å². The molecule has 1 atom stereocenters. The van der Waals surface area contributed by atoms with Crippen molar-refractivity contribution in [1.29, 1.82) is 0 Å². The number of pyridine rings is 1. The van der Waals surface area contributed by atoms with Crippen molar-refractivity contribution in [3.05, 3.63) is 69.6 Å². The van der Waals surface area contributed by atoms with E-state index in [4.69, 9.17) is 16.3 Å². The van der Waals surface area contributed by atoms with Gasteiger partial charge in [0.05, 0.1) is 17.9 Å². The van der Waals surface area contributed by atoms with Gasteiger partial charge in [-0.15, -0.1) is 0 Å². The molecule has 3 rings (SSSR count). The molecule has 0 fully saturated rings. The van der Waals surface area contributed by atoms with Crippen molar-refractivity contribution in [2.45, 2.75) is 26.1 Å². The van der Waals surface area contributed by atoms with Crippen LogP contribution < -0.4 is 0 Å². The van der Waals surface area contributed by atoms with Crippen molar-refractivity contribution < 1.29 is 27.8 Å². The van der Waals surface area contributed by atoms with Crippen LogP contribution in [0.5, 0.6) is 0 Å². The Morgan fingerprint density at radius 3 is 2.50 bits per heavy atom. The number of fused-ring (bicyclic) bond motifs is 1. The summed E-state index contributed by atoms with van der Waals surface area (Å²) in [6.45, 7) is 3.28. The molecule has 3 aromatic rings. The Hall–Kier alpha value is -2.58. The molecule has 1 aromatic carbocycles. The number of esters is 1. The molecule has 2 aromatic heterocycles. The summed E-state index contributed by atoms with van der Waals surface area (Å²) < 4.78 is 47.0. The Kier molecular flexibility index (Phi) is 5.36.